The minimum Gasteiger partial charge on any atom is -0.480 e. The van der Waals surface area contributed by atoms with Crippen LogP contribution in [0, 0.1) is 5.92 Å². The van der Waals surface area contributed by atoms with Crippen molar-refractivity contribution < 1.29 is 14.7 Å². The third-order valence-electron chi connectivity index (χ3n) is 2.32. The number of rotatable bonds is 5. The summed E-state index contributed by atoms with van der Waals surface area (Å²) in [5.74, 6) is -1.20. The Morgan fingerprint density at radius 3 is 2.61 bits per heavy atom. The number of hydrogen-bond acceptors (Lipinski definition) is 3. The van der Waals surface area contributed by atoms with Crippen molar-refractivity contribution in [3.05, 3.63) is 20.8 Å². The quantitative estimate of drug-likeness (QED) is 0.773. The molecule has 1 rings (SSSR count). The molecular weight excluding hydrogens is 320 g/mol. The molecule has 5 nitrogen and oxygen atoms in total. The average molecular weight is 335 g/mol. The van der Waals surface area contributed by atoms with Gasteiger partial charge in [-0.15, -0.1) is 11.3 Å². The van der Waals surface area contributed by atoms with E-state index in [0.29, 0.717) is 6.54 Å². The van der Waals surface area contributed by atoms with Gasteiger partial charge in [0.05, 0.1) is 6.54 Å². The van der Waals surface area contributed by atoms with E-state index < -0.39 is 18.0 Å². The van der Waals surface area contributed by atoms with Gasteiger partial charge in [0, 0.05) is 9.35 Å². The second-order valence-electron chi connectivity index (χ2n) is 4.08. The Labute approximate surface area is 118 Å². The molecule has 0 saturated heterocycles. The van der Waals surface area contributed by atoms with E-state index in [-0.39, 0.29) is 5.92 Å². The zero-order valence-electron chi connectivity index (χ0n) is 10.1. The number of amides is 2. The fourth-order valence-electron chi connectivity index (χ4n) is 1.32. The molecule has 0 aromatic carbocycles. The molecule has 1 unspecified atom stereocenters. The molecule has 1 aromatic heterocycles. The SMILES string of the molecule is CC(C)C(NC(=O)NCc1sccc1Br)C(=O)O. The van der Waals surface area contributed by atoms with Crippen molar-refractivity contribution in [3.63, 3.8) is 0 Å². The van der Waals surface area contributed by atoms with Crippen molar-refractivity contribution in [2.45, 2.75) is 26.4 Å². The van der Waals surface area contributed by atoms with Crippen LogP contribution < -0.4 is 10.6 Å². The van der Waals surface area contributed by atoms with Crippen LogP contribution in [0.25, 0.3) is 0 Å². The Balaban J connectivity index is 2.46. The zero-order valence-corrected chi connectivity index (χ0v) is 12.5. The van der Waals surface area contributed by atoms with Gasteiger partial charge in [-0.3, -0.25) is 0 Å². The second-order valence-corrected chi connectivity index (χ2v) is 5.93. The van der Waals surface area contributed by atoms with Gasteiger partial charge in [0.1, 0.15) is 6.04 Å². The third kappa shape index (κ3) is 4.30. The summed E-state index contributed by atoms with van der Waals surface area (Å²) in [6.07, 6.45) is 0. The molecule has 3 N–H and O–H groups in total. The highest BCUT2D eigenvalue weighted by Crippen LogP contribution is 2.22. The van der Waals surface area contributed by atoms with Gasteiger partial charge in [-0.05, 0) is 33.3 Å². The molecule has 100 valence electrons. The van der Waals surface area contributed by atoms with Gasteiger partial charge in [-0.1, -0.05) is 13.8 Å². The zero-order chi connectivity index (χ0) is 13.7. The van der Waals surface area contributed by atoms with Crippen LogP contribution in [0.1, 0.15) is 18.7 Å². The van der Waals surface area contributed by atoms with Crippen molar-refractivity contribution >= 4 is 39.3 Å². The first-order valence-corrected chi connectivity index (χ1v) is 7.08. The molecule has 18 heavy (non-hydrogen) atoms. The highest BCUT2D eigenvalue weighted by Gasteiger charge is 2.23. The highest BCUT2D eigenvalue weighted by atomic mass is 79.9. The topological polar surface area (TPSA) is 78.4 Å². The number of thiophene rings is 1. The van der Waals surface area contributed by atoms with Gasteiger partial charge < -0.3 is 15.7 Å². The number of hydrogen-bond donors (Lipinski definition) is 3. The lowest BCUT2D eigenvalue weighted by Crippen LogP contribution is -2.48. The molecule has 1 aromatic rings. The van der Waals surface area contributed by atoms with Crippen molar-refractivity contribution in [2.75, 3.05) is 0 Å². The summed E-state index contributed by atoms with van der Waals surface area (Å²) in [6, 6.07) is 0.543. The summed E-state index contributed by atoms with van der Waals surface area (Å²) in [7, 11) is 0. The lowest BCUT2D eigenvalue weighted by Gasteiger charge is -2.18. The van der Waals surface area contributed by atoms with E-state index in [1.807, 2.05) is 11.4 Å². The van der Waals surface area contributed by atoms with Crippen molar-refractivity contribution in [3.8, 4) is 0 Å². The van der Waals surface area contributed by atoms with E-state index in [9.17, 15) is 9.59 Å². The van der Waals surface area contributed by atoms with Crippen LogP contribution in [0.4, 0.5) is 4.79 Å². The van der Waals surface area contributed by atoms with Gasteiger partial charge in [0.15, 0.2) is 0 Å². The molecule has 1 atom stereocenters. The summed E-state index contributed by atoms with van der Waals surface area (Å²) in [4.78, 5) is 23.5. The highest BCUT2D eigenvalue weighted by molar-refractivity contribution is 9.10. The molecule has 2 amide bonds. The van der Waals surface area contributed by atoms with E-state index in [1.165, 1.54) is 11.3 Å². The number of carbonyl (C=O) groups is 2. The van der Waals surface area contributed by atoms with E-state index in [1.54, 1.807) is 13.8 Å². The molecule has 0 fully saturated rings. The summed E-state index contributed by atoms with van der Waals surface area (Å²) in [6.45, 7) is 3.86. The maximum atomic E-state index is 11.6. The number of aliphatic carboxylic acids is 1. The van der Waals surface area contributed by atoms with Crippen LogP contribution >= 0.6 is 27.3 Å². The summed E-state index contributed by atoms with van der Waals surface area (Å²) >= 11 is 4.88. The molecule has 0 bridgehead atoms. The number of carbonyl (C=O) groups excluding carboxylic acids is 1. The van der Waals surface area contributed by atoms with Crippen LogP contribution in [-0.2, 0) is 11.3 Å². The minimum atomic E-state index is -1.03. The van der Waals surface area contributed by atoms with Crippen LogP contribution in [0.5, 0.6) is 0 Å². The number of carboxylic acids is 1. The lowest BCUT2D eigenvalue weighted by atomic mass is 10.1. The predicted molar refractivity (Wildman–Crippen MR) is 73.7 cm³/mol. The molecule has 0 saturated carbocycles. The largest absolute Gasteiger partial charge is 0.480 e. The van der Waals surface area contributed by atoms with E-state index >= 15 is 0 Å². The predicted octanol–water partition coefficient (Wildman–Crippen LogP) is 2.42. The minimum absolute atomic E-state index is 0.165. The van der Waals surface area contributed by atoms with Gasteiger partial charge in [-0.25, -0.2) is 9.59 Å². The summed E-state index contributed by atoms with van der Waals surface area (Å²) in [5.41, 5.74) is 0. The fraction of sp³-hybridized carbons (Fsp3) is 0.455. The second kappa shape index (κ2) is 6.75. The van der Waals surface area contributed by atoms with Crippen molar-refractivity contribution in [1.29, 1.82) is 0 Å². The molecular formula is C11H15BrN2O3S. The molecule has 0 aliphatic rings. The van der Waals surface area contributed by atoms with Gasteiger partial charge in [0.25, 0.3) is 0 Å². The fourth-order valence-corrected chi connectivity index (χ4v) is 2.75. The molecule has 1 heterocycles. The van der Waals surface area contributed by atoms with E-state index in [0.717, 1.165) is 9.35 Å². The molecule has 0 aliphatic carbocycles. The average Bonchev–Trinajstić information content (AvgIpc) is 2.68. The maximum Gasteiger partial charge on any atom is 0.326 e. The standard InChI is InChI=1S/C11H15BrN2O3S/c1-6(2)9(10(15)16)14-11(17)13-5-8-7(12)3-4-18-8/h3-4,6,9H,5H2,1-2H3,(H,15,16)(H2,13,14,17). The normalized spacial score (nSPS) is 12.2. The first kappa shape index (κ1) is 15.0. The number of urea groups is 1. The smallest absolute Gasteiger partial charge is 0.326 e. The maximum absolute atomic E-state index is 11.6. The Morgan fingerprint density at radius 2 is 2.17 bits per heavy atom. The van der Waals surface area contributed by atoms with Crippen LogP contribution in [-0.4, -0.2) is 23.1 Å². The van der Waals surface area contributed by atoms with Crippen molar-refractivity contribution in [2.24, 2.45) is 5.92 Å². The summed E-state index contributed by atoms with van der Waals surface area (Å²) < 4.78 is 0.937. The Morgan fingerprint density at radius 1 is 1.50 bits per heavy atom. The Kier molecular flexibility index (Phi) is 5.61. The molecule has 7 heteroatoms. The van der Waals surface area contributed by atoms with Crippen molar-refractivity contribution in [1.82, 2.24) is 10.6 Å². The molecule has 0 spiro atoms. The Bertz CT molecular complexity index is 434. The van der Waals surface area contributed by atoms with E-state index in [2.05, 4.69) is 26.6 Å². The Hall–Kier alpha value is -1.08. The van der Waals surface area contributed by atoms with Gasteiger partial charge >= 0.3 is 12.0 Å². The number of carboxylic acid groups (broad SMARTS) is 1. The monoisotopic (exact) mass is 334 g/mol. The van der Waals surface area contributed by atoms with Gasteiger partial charge in [0.2, 0.25) is 0 Å². The van der Waals surface area contributed by atoms with Crippen LogP contribution in [0.15, 0.2) is 15.9 Å². The number of nitrogens with one attached hydrogen (secondary N) is 2. The summed E-state index contributed by atoms with van der Waals surface area (Å²) in [5, 5.41) is 15.9. The first-order valence-electron chi connectivity index (χ1n) is 5.41. The molecule has 0 radical (unpaired) electrons. The third-order valence-corrected chi connectivity index (χ3v) is 4.25. The van der Waals surface area contributed by atoms with Crippen LogP contribution in [0.2, 0.25) is 0 Å². The molecule has 0 aliphatic heterocycles. The van der Waals surface area contributed by atoms with E-state index in [4.69, 9.17) is 5.11 Å². The first-order chi connectivity index (χ1) is 8.41. The van der Waals surface area contributed by atoms with Crippen LogP contribution in [0.3, 0.4) is 0 Å². The lowest BCUT2D eigenvalue weighted by molar-refractivity contribution is -0.140. The van der Waals surface area contributed by atoms with Gasteiger partial charge in [-0.2, -0.15) is 0 Å². The number of halogens is 1.